The fourth-order valence-electron chi connectivity index (χ4n) is 3.75. The highest BCUT2D eigenvalue weighted by atomic mass is 35.5. The molecule has 0 unspecified atom stereocenters. The SMILES string of the molecule is O=C(CSc1ncc2c(n1)-c1ccccc1N(Cc1ccc(Cl)cc1)S2(=O)=O)Nc1ccccc1F. The largest absolute Gasteiger partial charge is 0.323 e. The summed E-state index contributed by atoms with van der Waals surface area (Å²) in [6.07, 6.45) is 1.26. The lowest BCUT2D eigenvalue weighted by Gasteiger charge is -2.31. The van der Waals surface area contributed by atoms with Crippen molar-refractivity contribution in [2.24, 2.45) is 0 Å². The van der Waals surface area contributed by atoms with Crippen molar-refractivity contribution in [2.45, 2.75) is 16.6 Å². The Kier molecular flexibility index (Phi) is 6.65. The fourth-order valence-corrected chi connectivity index (χ4v) is 6.05. The van der Waals surface area contributed by atoms with Gasteiger partial charge in [0.25, 0.3) is 10.0 Å². The van der Waals surface area contributed by atoms with E-state index in [1.54, 1.807) is 54.6 Å². The van der Waals surface area contributed by atoms with Crippen LogP contribution in [0.15, 0.2) is 89.0 Å². The van der Waals surface area contributed by atoms with Crippen molar-refractivity contribution in [1.29, 1.82) is 0 Å². The minimum Gasteiger partial charge on any atom is -0.323 e. The average Bonchev–Trinajstić information content (AvgIpc) is 2.88. The number of fused-ring (bicyclic) bond motifs is 3. The highest BCUT2D eigenvalue weighted by Crippen LogP contribution is 2.42. The predicted octanol–water partition coefficient (Wildman–Crippen LogP) is 5.38. The number of aromatic nitrogens is 2. The molecule has 4 aromatic rings. The molecule has 0 aliphatic carbocycles. The molecule has 0 spiro atoms. The second kappa shape index (κ2) is 9.88. The van der Waals surface area contributed by atoms with E-state index in [4.69, 9.17) is 11.6 Å². The number of nitrogens with one attached hydrogen (secondary N) is 1. The summed E-state index contributed by atoms with van der Waals surface area (Å²) in [5.41, 5.74) is 2.25. The third-order valence-electron chi connectivity index (χ3n) is 5.45. The Balaban J connectivity index is 1.41. The summed E-state index contributed by atoms with van der Waals surface area (Å²) in [5.74, 6) is -1.05. The Labute approximate surface area is 216 Å². The quantitative estimate of drug-likeness (QED) is 0.261. The van der Waals surface area contributed by atoms with Gasteiger partial charge in [0.1, 0.15) is 10.7 Å². The lowest BCUT2D eigenvalue weighted by molar-refractivity contribution is -0.113. The van der Waals surface area contributed by atoms with Crippen LogP contribution in [0.25, 0.3) is 11.3 Å². The molecule has 5 rings (SSSR count). The van der Waals surface area contributed by atoms with Crippen LogP contribution in [0.1, 0.15) is 5.56 Å². The topological polar surface area (TPSA) is 92.3 Å². The Hall–Kier alpha value is -3.47. The first-order valence-corrected chi connectivity index (χ1v) is 13.5. The van der Waals surface area contributed by atoms with Crippen LogP contribution in [0.3, 0.4) is 0 Å². The van der Waals surface area contributed by atoms with Gasteiger partial charge < -0.3 is 5.32 Å². The first kappa shape index (κ1) is 24.2. The number of rotatable bonds is 6. The molecule has 36 heavy (non-hydrogen) atoms. The molecule has 0 saturated heterocycles. The van der Waals surface area contributed by atoms with Crippen molar-refractivity contribution in [1.82, 2.24) is 9.97 Å². The summed E-state index contributed by atoms with van der Waals surface area (Å²) in [6, 6.07) is 19.9. The van der Waals surface area contributed by atoms with E-state index >= 15 is 0 Å². The lowest BCUT2D eigenvalue weighted by Crippen LogP contribution is -2.34. The molecule has 1 aromatic heterocycles. The van der Waals surface area contributed by atoms with Gasteiger partial charge in [-0.05, 0) is 35.9 Å². The molecule has 1 aliphatic heterocycles. The number of amides is 1. The van der Waals surface area contributed by atoms with Crippen LogP contribution in [0.5, 0.6) is 0 Å². The summed E-state index contributed by atoms with van der Waals surface area (Å²) in [6.45, 7) is 0.114. The maximum atomic E-state index is 13.8. The van der Waals surface area contributed by atoms with Crippen molar-refractivity contribution in [3.8, 4) is 11.3 Å². The van der Waals surface area contributed by atoms with Crippen molar-refractivity contribution in [3.63, 3.8) is 0 Å². The van der Waals surface area contributed by atoms with E-state index in [0.29, 0.717) is 16.3 Å². The van der Waals surface area contributed by atoms with Gasteiger partial charge in [-0.1, -0.05) is 65.8 Å². The van der Waals surface area contributed by atoms with Crippen LogP contribution in [0.4, 0.5) is 15.8 Å². The standard InChI is InChI=1S/C25H18ClFN4O3S2/c26-17-11-9-16(10-12-17)14-31-21-8-4-1-5-18(21)24-22(36(31,33)34)13-28-25(30-24)35-15-23(32)29-20-7-3-2-6-19(20)27/h1-13H,14-15H2,(H,29,32). The van der Waals surface area contributed by atoms with E-state index in [1.807, 2.05) is 0 Å². The van der Waals surface area contributed by atoms with Gasteiger partial charge in [-0.3, -0.25) is 9.10 Å². The minimum absolute atomic E-state index is 0.0182. The molecule has 7 nitrogen and oxygen atoms in total. The molecule has 0 radical (unpaired) electrons. The van der Waals surface area contributed by atoms with Crippen LogP contribution in [0, 0.1) is 5.82 Å². The third-order valence-corrected chi connectivity index (χ3v) is 8.32. The zero-order chi connectivity index (χ0) is 25.3. The molecule has 1 N–H and O–H groups in total. The van der Waals surface area contributed by atoms with E-state index in [0.717, 1.165) is 17.3 Å². The smallest absolute Gasteiger partial charge is 0.268 e. The molecule has 11 heteroatoms. The number of carbonyl (C=O) groups excluding carboxylic acids is 1. The zero-order valence-electron chi connectivity index (χ0n) is 18.6. The number of para-hydroxylation sites is 2. The van der Waals surface area contributed by atoms with Crippen molar-refractivity contribution in [3.05, 3.63) is 95.4 Å². The molecular weight excluding hydrogens is 523 g/mol. The number of hydrogen-bond acceptors (Lipinski definition) is 6. The van der Waals surface area contributed by atoms with Gasteiger partial charge in [0, 0.05) is 10.6 Å². The molecule has 182 valence electrons. The summed E-state index contributed by atoms with van der Waals surface area (Å²) in [7, 11) is -3.95. The summed E-state index contributed by atoms with van der Waals surface area (Å²) in [4.78, 5) is 20.9. The number of nitrogens with zero attached hydrogens (tertiary/aromatic N) is 3. The molecule has 3 aromatic carbocycles. The highest BCUT2D eigenvalue weighted by molar-refractivity contribution is 7.99. The molecule has 0 bridgehead atoms. The van der Waals surface area contributed by atoms with Gasteiger partial charge in [0.15, 0.2) is 5.16 Å². The second-order valence-corrected chi connectivity index (χ2v) is 11.0. The van der Waals surface area contributed by atoms with Gasteiger partial charge in [0.2, 0.25) is 5.91 Å². The molecule has 0 fully saturated rings. The summed E-state index contributed by atoms with van der Waals surface area (Å²) < 4.78 is 42.2. The van der Waals surface area contributed by atoms with Crippen LogP contribution >= 0.6 is 23.4 Å². The Morgan fingerprint density at radius 2 is 1.75 bits per heavy atom. The van der Waals surface area contributed by atoms with Crippen molar-refractivity contribution >= 4 is 50.7 Å². The summed E-state index contributed by atoms with van der Waals surface area (Å²) in [5, 5.41) is 3.29. The van der Waals surface area contributed by atoms with E-state index in [2.05, 4.69) is 15.3 Å². The number of halogens is 2. The monoisotopic (exact) mass is 540 g/mol. The number of sulfonamides is 1. The maximum absolute atomic E-state index is 13.8. The first-order chi connectivity index (χ1) is 17.3. The first-order valence-electron chi connectivity index (χ1n) is 10.7. The number of anilines is 2. The number of hydrogen-bond donors (Lipinski definition) is 1. The van der Waals surface area contributed by atoms with Gasteiger partial charge in [-0.25, -0.2) is 22.8 Å². The van der Waals surface area contributed by atoms with Crippen LogP contribution in [-0.2, 0) is 21.4 Å². The van der Waals surface area contributed by atoms with Crippen LogP contribution in [0.2, 0.25) is 5.02 Å². The minimum atomic E-state index is -3.95. The molecule has 0 atom stereocenters. The predicted molar refractivity (Wildman–Crippen MR) is 138 cm³/mol. The molecular formula is C25H18ClFN4O3S2. The fraction of sp³-hybridized carbons (Fsp3) is 0.0800. The van der Waals surface area contributed by atoms with Crippen LogP contribution in [-0.4, -0.2) is 30.0 Å². The average molecular weight is 541 g/mol. The normalized spacial score (nSPS) is 13.6. The van der Waals surface area contributed by atoms with Crippen LogP contribution < -0.4 is 9.62 Å². The summed E-state index contributed by atoms with van der Waals surface area (Å²) >= 11 is 7.00. The Morgan fingerprint density at radius 1 is 1.03 bits per heavy atom. The lowest BCUT2D eigenvalue weighted by atomic mass is 10.1. The molecule has 2 heterocycles. The Morgan fingerprint density at radius 3 is 2.53 bits per heavy atom. The number of benzene rings is 3. The highest BCUT2D eigenvalue weighted by Gasteiger charge is 2.36. The van der Waals surface area contributed by atoms with Gasteiger partial charge in [0.05, 0.1) is 35.6 Å². The van der Waals surface area contributed by atoms with E-state index in [-0.39, 0.29) is 33.7 Å². The second-order valence-electron chi connectivity index (χ2n) is 7.84. The molecule has 1 aliphatic rings. The van der Waals surface area contributed by atoms with E-state index in [9.17, 15) is 17.6 Å². The molecule has 1 amide bonds. The van der Waals surface area contributed by atoms with Gasteiger partial charge in [-0.15, -0.1) is 0 Å². The van der Waals surface area contributed by atoms with E-state index in [1.165, 1.54) is 28.7 Å². The van der Waals surface area contributed by atoms with Crippen molar-refractivity contribution < 1.29 is 17.6 Å². The third kappa shape index (κ3) is 4.79. The Bertz CT molecular complexity index is 1570. The van der Waals surface area contributed by atoms with Crippen molar-refractivity contribution in [2.75, 3.05) is 15.4 Å². The van der Waals surface area contributed by atoms with Gasteiger partial charge in [-0.2, -0.15) is 0 Å². The van der Waals surface area contributed by atoms with Gasteiger partial charge >= 0.3 is 0 Å². The number of carbonyl (C=O) groups is 1. The zero-order valence-corrected chi connectivity index (χ0v) is 20.9. The maximum Gasteiger partial charge on any atom is 0.268 e. The molecule has 0 saturated carbocycles. The van der Waals surface area contributed by atoms with E-state index < -0.39 is 21.7 Å². The number of thioether (sulfide) groups is 1.